The number of hydrogen-bond acceptors (Lipinski definition) is 5. The lowest BCUT2D eigenvalue weighted by atomic mass is 10.1. The molecule has 0 aliphatic carbocycles. The van der Waals surface area contributed by atoms with E-state index in [1.54, 1.807) is 31.2 Å². The van der Waals surface area contributed by atoms with Crippen molar-refractivity contribution < 1.29 is 19.1 Å². The van der Waals surface area contributed by atoms with E-state index < -0.39 is 11.8 Å². The third-order valence-corrected chi connectivity index (χ3v) is 4.72. The topological polar surface area (TPSA) is 109 Å². The van der Waals surface area contributed by atoms with Crippen LogP contribution >= 0.6 is 0 Å². The number of aryl methyl sites for hydroxylation is 1. The molecule has 3 amide bonds. The fraction of sp³-hybridized carbons (Fsp3) is 0.304. The third kappa shape index (κ3) is 7.26. The highest BCUT2D eigenvalue weighted by Gasteiger charge is 2.14. The van der Waals surface area contributed by atoms with Crippen LogP contribution < -0.4 is 20.8 Å². The predicted molar refractivity (Wildman–Crippen MR) is 120 cm³/mol. The second-order valence-corrected chi connectivity index (χ2v) is 7.10. The van der Waals surface area contributed by atoms with E-state index in [-0.39, 0.29) is 18.6 Å². The molecule has 0 unspecified atom stereocenters. The van der Waals surface area contributed by atoms with Crippen LogP contribution in [-0.4, -0.2) is 36.6 Å². The van der Waals surface area contributed by atoms with Crippen LogP contribution in [0.25, 0.3) is 0 Å². The number of rotatable bonds is 8. The standard InChI is InChI=1S/C23H28N4O4/c1-5-16(3)25-22(29)23(30)27-24-13-18-10-6-7-12-20(18)31-14-21(28)26-19-11-8-9-15(2)17(19)4/h6-13,16H,5,14H2,1-4H3,(H,25,29)(H,26,28)(H,27,30)/b24-13-/t16-/m1/s1. The van der Waals surface area contributed by atoms with Gasteiger partial charge in [-0.15, -0.1) is 0 Å². The van der Waals surface area contributed by atoms with Gasteiger partial charge in [-0.2, -0.15) is 5.10 Å². The molecule has 0 aromatic heterocycles. The van der Waals surface area contributed by atoms with Crippen molar-refractivity contribution in [2.45, 2.75) is 40.2 Å². The monoisotopic (exact) mass is 424 g/mol. The van der Waals surface area contributed by atoms with E-state index in [1.807, 2.05) is 39.0 Å². The Morgan fingerprint density at radius 3 is 2.55 bits per heavy atom. The van der Waals surface area contributed by atoms with Crippen molar-refractivity contribution in [1.29, 1.82) is 0 Å². The first-order valence-electron chi connectivity index (χ1n) is 10.0. The Labute approximate surface area is 182 Å². The minimum Gasteiger partial charge on any atom is -0.483 e. The highest BCUT2D eigenvalue weighted by molar-refractivity contribution is 6.35. The van der Waals surface area contributed by atoms with Gasteiger partial charge in [-0.25, -0.2) is 5.43 Å². The number of amides is 3. The van der Waals surface area contributed by atoms with Gasteiger partial charge in [0.15, 0.2) is 6.61 Å². The molecule has 2 rings (SSSR count). The van der Waals surface area contributed by atoms with Crippen molar-refractivity contribution in [2.75, 3.05) is 11.9 Å². The van der Waals surface area contributed by atoms with E-state index in [1.165, 1.54) is 6.21 Å². The van der Waals surface area contributed by atoms with Gasteiger partial charge >= 0.3 is 11.8 Å². The summed E-state index contributed by atoms with van der Waals surface area (Å²) in [6.45, 7) is 7.43. The Morgan fingerprint density at radius 1 is 1.06 bits per heavy atom. The molecule has 0 saturated carbocycles. The number of carbonyl (C=O) groups is 3. The smallest absolute Gasteiger partial charge is 0.329 e. The molecule has 0 aliphatic rings. The van der Waals surface area contributed by atoms with Gasteiger partial charge in [0.05, 0.1) is 6.21 Å². The first-order valence-corrected chi connectivity index (χ1v) is 10.0. The SMILES string of the molecule is CC[C@@H](C)NC(=O)C(=O)N/N=C\c1ccccc1OCC(=O)Nc1cccc(C)c1C. The zero-order valence-corrected chi connectivity index (χ0v) is 18.2. The van der Waals surface area contributed by atoms with Crippen molar-refractivity contribution in [3.63, 3.8) is 0 Å². The average molecular weight is 425 g/mol. The highest BCUT2D eigenvalue weighted by Crippen LogP contribution is 2.19. The number of nitrogens with zero attached hydrogens (tertiary/aromatic N) is 1. The van der Waals surface area contributed by atoms with Crippen LogP contribution in [0.2, 0.25) is 0 Å². The van der Waals surface area contributed by atoms with Gasteiger partial charge in [0.25, 0.3) is 5.91 Å². The molecular weight excluding hydrogens is 396 g/mol. The van der Waals surface area contributed by atoms with E-state index in [9.17, 15) is 14.4 Å². The summed E-state index contributed by atoms with van der Waals surface area (Å²) in [5.41, 5.74) is 5.54. The van der Waals surface area contributed by atoms with Crippen LogP contribution in [-0.2, 0) is 14.4 Å². The van der Waals surface area contributed by atoms with Gasteiger partial charge in [-0.1, -0.05) is 31.2 Å². The predicted octanol–water partition coefficient (Wildman–Crippen LogP) is 2.69. The maximum atomic E-state index is 12.3. The van der Waals surface area contributed by atoms with Crippen molar-refractivity contribution in [1.82, 2.24) is 10.7 Å². The Morgan fingerprint density at radius 2 is 1.81 bits per heavy atom. The quantitative estimate of drug-likeness (QED) is 0.344. The zero-order chi connectivity index (χ0) is 22.8. The van der Waals surface area contributed by atoms with Gasteiger partial charge in [-0.05, 0) is 56.5 Å². The van der Waals surface area contributed by atoms with Gasteiger partial charge in [0.2, 0.25) is 0 Å². The second-order valence-electron chi connectivity index (χ2n) is 7.10. The van der Waals surface area contributed by atoms with Crippen LogP contribution in [0.4, 0.5) is 5.69 Å². The summed E-state index contributed by atoms with van der Waals surface area (Å²) in [4.78, 5) is 35.8. The number of nitrogens with one attached hydrogen (secondary N) is 3. The molecule has 0 heterocycles. The first kappa shape index (κ1) is 23.6. The summed E-state index contributed by atoms with van der Waals surface area (Å²) in [6.07, 6.45) is 2.07. The average Bonchev–Trinajstić information content (AvgIpc) is 2.76. The molecule has 0 spiro atoms. The largest absolute Gasteiger partial charge is 0.483 e. The fourth-order valence-corrected chi connectivity index (χ4v) is 2.54. The number of carbonyl (C=O) groups excluding carboxylic acids is 3. The molecule has 1 atom stereocenters. The molecule has 0 saturated heterocycles. The van der Waals surface area contributed by atoms with E-state index in [4.69, 9.17) is 4.74 Å². The summed E-state index contributed by atoms with van der Waals surface area (Å²) >= 11 is 0. The molecule has 0 fully saturated rings. The van der Waals surface area contributed by atoms with Gasteiger partial charge in [0.1, 0.15) is 5.75 Å². The van der Waals surface area contributed by atoms with Crippen LogP contribution in [0, 0.1) is 13.8 Å². The summed E-state index contributed by atoms with van der Waals surface area (Å²) in [7, 11) is 0. The Hall–Kier alpha value is -3.68. The second kappa shape index (κ2) is 11.5. The lowest BCUT2D eigenvalue weighted by Crippen LogP contribution is -2.41. The molecule has 2 aromatic carbocycles. The summed E-state index contributed by atoms with van der Waals surface area (Å²) in [6, 6.07) is 12.5. The number of anilines is 1. The van der Waals surface area contributed by atoms with E-state index in [2.05, 4.69) is 21.2 Å². The van der Waals surface area contributed by atoms with E-state index in [0.29, 0.717) is 17.7 Å². The molecule has 8 nitrogen and oxygen atoms in total. The molecule has 0 aliphatic heterocycles. The minimum atomic E-state index is -0.858. The lowest BCUT2D eigenvalue weighted by Gasteiger charge is -2.12. The molecule has 164 valence electrons. The number of hydrazone groups is 1. The van der Waals surface area contributed by atoms with E-state index in [0.717, 1.165) is 16.8 Å². The Kier molecular flexibility index (Phi) is 8.75. The summed E-state index contributed by atoms with van der Waals surface area (Å²) < 4.78 is 5.62. The van der Waals surface area contributed by atoms with E-state index >= 15 is 0 Å². The Bertz CT molecular complexity index is 972. The first-order chi connectivity index (χ1) is 14.8. The molecule has 0 radical (unpaired) electrons. The normalized spacial score (nSPS) is 11.6. The van der Waals surface area contributed by atoms with Crippen molar-refractivity contribution in [3.8, 4) is 5.75 Å². The molecule has 2 aromatic rings. The molecule has 0 bridgehead atoms. The van der Waals surface area contributed by atoms with Crippen molar-refractivity contribution >= 4 is 29.6 Å². The van der Waals surface area contributed by atoms with Gasteiger partial charge < -0.3 is 15.4 Å². The summed E-state index contributed by atoms with van der Waals surface area (Å²) in [5.74, 6) is -1.49. The number of para-hydroxylation sites is 1. The lowest BCUT2D eigenvalue weighted by molar-refractivity contribution is -0.139. The van der Waals surface area contributed by atoms with Crippen LogP contribution in [0.3, 0.4) is 0 Å². The number of hydrogen-bond donors (Lipinski definition) is 3. The van der Waals surface area contributed by atoms with Crippen molar-refractivity contribution in [3.05, 3.63) is 59.2 Å². The zero-order valence-electron chi connectivity index (χ0n) is 18.2. The van der Waals surface area contributed by atoms with Gasteiger partial charge in [0, 0.05) is 17.3 Å². The van der Waals surface area contributed by atoms with Crippen LogP contribution in [0.15, 0.2) is 47.6 Å². The number of benzene rings is 2. The van der Waals surface area contributed by atoms with Crippen LogP contribution in [0.1, 0.15) is 37.0 Å². The Balaban J connectivity index is 1.93. The maximum Gasteiger partial charge on any atom is 0.329 e. The molecular formula is C23H28N4O4. The number of ether oxygens (including phenoxy) is 1. The maximum absolute atomic E-state index is 12.3. The molecule has 3 N–H and O–H groups in total. The van der Waals surface area contributed by atoms with Gasteiger partial charge in [-0.3, -0.25) is 14.4 Å². The summed E-state index contributed by atoms with van der Waals surface area (Å²) in [5, 5.41) is 9.19. The fourth-order valence-electron chi connectivity index (χ4n) is 2.54. The minimum absolute atomic E-state index is 0.105. The third-order valence-electron chi connectivity index (χ3n) is 4.72. The van der Waals surface area contributed by atoms with Crippen LogP contribution in [0.5, 0.6) is 5.75 Å². The highest BCUT2D eigenvalue weighted by atomic mass is 16.5. The molecule has 31 heavy (non-hydrogen) atoms. The molecule has 8 heteroatoms. The van der Waals surface area contributed by atoms with Crippen molar-refractivity contribution in [2.24, 2.45) is 5.10 Å².